The van der Waals surface area contributed by atoms with Gasteiger partial charge in [0, 0.05) is 11.6 Å². The quantitative estimate of drug-likeness (QED) is 0.790. The number of nitrogens with zero attached hydrogens (tertiary/aromatic N) is 1. The van der Waals surface area contributed by atoms with E-state index in [0.29, 0.717) is 17.2 Å². The minimum Gasteiger partial charge on any atom is -0.497 e. The zero-order valence-electron chi connectivity index (χ0n) is 10.7. The summed E-state index contributed by atoms with van der Waals surface area (Å²) in [5.74, 6) is 0.186. The predicted octanol–water partition coefficient (Wildman–Crippen LogP) is 3.20. The summed E-state index contributed by atoms with van der Waals surface area (Å²) in [5, 5.41) is 8.87. The van der Waals surface area contributed by atoms with Crippen LogP contribution in [0.2, 0.25) is 0 Å². The van der Waals surface area contributed by atoms with Crippen LogP contribution in [0.5, 0.6) is 5.75 Å². The predicted molar refractivity (Wildman–Crippen MR) is 73.0 cm³/mol. The largest absolute Gasteiger partial charge is 0.497 e. The number of carbonyl (C=O) groups is 1. The molecule has 0 saturated heterocycles. The van der Waals surface area contributed by atoms with Crippen molar-refractivity contribution in [1.82, 2.24) is 4.98 Å². The van der Waals surface area contributed by atoms with Crippen molar-refractivity contribution in [3.8, 4) is 17.2 Å². The van der Waals surface area contributed by atoms with Crippen molar-refractivity contribution in [2.24, 2.45) is 0 Å². The molecule has 1 N–H and O–H groups in total. The minimum absolute atomic E-state index is 0.228. The summed E-state index contributed by atoms with van der Waals surface area (Å²) in [7, 11) is 1.59. The Kier molecular flexibility index (Phi) is 2.87. The first kappa shape index (κ1) is 12.2. The number of benzene rings is 2. The second kappa shape index (κ2) is 4.70. The Morgan fingerprint density at radius 2 is 1.95 bits per heavy atom. The average Bonchev–Trinajstić information content (AvgIpc) is 2.90. The molecule has 0 bridgehead atoms. The van der Waals surface area contributed by atoms with Crippen molar-refractivity contribution in [3.63, 3.8) is 0 Å². The molecular weight excluding hydrogens is 258 g/mol. The van der Waals surface area contributed by atoms with Crippen LogP contribution in [-0.2, 0) is 0 Å². The van der Waals surface area contributed by atoms with Crippen LogP contribution in [0.4, 0.5) is 0 Å². The first-order chi connectivity index (χ1) is 9.67. The van der Waals surface area contributed by atoms with Crippen LogP contribution < -0.4 is 4.74 Å². The highest BCUT2D eigenvalue weighted by atomic mass is 16.5. The number of carboxylic acid groups (broad SMARTS) is 1. The van der Waals surface area contributed by atoms with Crippen LogP contribution in [0.25, 0.3) is 22.6 Å². The van der Waals surface area contributed by atoms with Gasteiger partial charge in [0.2, 0.25) is 5.89 Å². The number of hydrogen-bond acceptors (Lipinski definition) is 4. The highest BCUT2D eigenvalue weighted by molar-refractivity contribution is 5.88. The van der Waals surface area contributed by atoms with E-state index >= 15 is 0 Å². The van der Waals surface area contributed by atoms with E-state index in [1.807, 2.05) is 12.1 Å². The van der Waals surface area contributed by atoms with Gasteiger partial charge in [0.05, 0.1) is 12.7 Å². The van der Waals surface area contributed by atoms with Crippen molar-refractivity contribution in [2.75, 3.05) is 7.11 Å². The Balaban J connectivity index is 2.03. The van der Waals surface area contributed by atoms with E-state index in [2.05, 4.69) is 4.98 Å². The maximum Gasteiger partial charge on any atom is 0.335 e. The van der Waals surface area contributed by atoms with E-state index in [0.717, 1.165) is 11.1 Å². The molecule has 0 spiro atoms. The van der Waals surface area contributed by atoms with Gasteiger partial charge in [0.15, 0.2) is 5.58 Å². The monoisotopic (exact) mass is 269 g/mol. The van der Waals surface area contributed by atoms with Crippen LogP contribution in [-0.4, -0.2) is 23.2 Å². The lowest BCUT2D eigenvalue weighted by Gasteiger charge is -1.97. The van der Waals surface area contributed by atoms with Crippen molar-refractivity contribution in [1.29, 1.82) is 0 Å². The second-order valence-corrected chi connectivity index (χ2v) is 4.24. The lowest BCUT2D eigenvalue weighted by molar-refractivity contribution is 0.0697. The molecule has 3 aromatic rings. The summed E-state index contributed by atoms with van der Waals surface area (Å²) in [6.45, 7) is 0. The Morgan fingerprint density at radius 1 is 1.20 bits per heavy atom. The third kappa shape index (κ3) is 2.09. The summed E-state index contributed by atoms with van der Waals surface area (Å²) >= 11 is 0. The molecule has 0 atom stereocenters. The number of aromatic nitrogens is 1. The number of methoxy groups -OCH3 is 1. The van der Waals surface area contributed by atoms with Crippen LogP contribution in [0.3, 0.4) is 0 Å². The van der Waals surface area contributed by atoms with E-state index in [9.17, 15) is 4.79 Å². The van der Waals surface area contributed by atoms with Crippen LogP contribution in [0.15, 0.2) is 46.9 Å². The number of aromatic carboxylic acids is 1. The smallest absolute Gasteiger partial charge is 0.335 e. The van der Waals surface area contributed by atoms with E-state index < -0.39 is 5.97 Å². The molecule has 0 fully saturated rings. The van der Waals surface area contributed by atoms with Gasteiger partial charge < -0.3 is 14.3 Å². The zero-order chi connectivity index (χ0) is 14.1. The van der Waals surface area contributed by atoms with Crippen molar-refractivity contribution in [3.05, 3.63) is 48.0 Å². The molecule has 3 rings (SSSR count). The number of hydrogen-bond donors (Lipinski definition) is 1. The fourth-order valence-electron chi connectivity index (χ4n) is 1.91. The highest BCUT2D eigenvalue weighted by Crippen LogP contribution is 2.27. The standard InChI is InChI=1S/C15H11NO4/c1-19-11-6-7-12-13(8-11)20-14(16-12)9-2-4-10(5-3-9)15(17)18/h2-8H,1H3,(H,17,18). The summed E-state index contributed by atoms with van der Waals surface area (Å²) in [4.78, 5) is 15.2. The minimum atomic E-state index is -0.959. The van der Waals surface area contributed by atoms with Crippen molar-refractivity contribution >= 4 is 17.1 Å². The van der Waals surface area contributed by atoms with Gasteiger partial charge in [-0.2, -0.15) is 0 Å². The summed E-state index contributed by atoms with van der Waals surface area (Å²) < 4.78 is 10.8. The highest BCUT2D eigenvalue weighted by Gasteiger charge is 2.10. The molecule has 0 radical (unpaired) electrons. The van der Waals surface area contributed by atoms with E-state index in [1.54, 1.807) is 25.3 Å². The van der Waals surface area contributed by atoms with Gasteiger partial charge in [-0.05, 0) is 36.4 Å². The van der Waals surface area contributed by atoms with Crippen molar-refractivity contribution in [2.45, 2.75) is 0 Å². The molecule has 5 heteroatoms. The van der Waals surface area contributed by atoms with E-state index in [4.69, 9.17) is 14.3 Å². The first-order valence-electron chi connectivity index (χ1n) is 5.95. The molecule has 1 aromatic heterocycles. The van der Waals surface area contributed by atoms with Gasteiger partial charge in [-0.1, -0.05) is 0 Å². The lowest BCUT2D eigenvalue weighted by Crippen LogP contribution is -1.94. The number of ether oxygens (including phenoxy) is 1. The molecule has 0 unspecified atom stereocenters. The van der Waals surface area contributed by atoms with Gasteiger partial charge in [-0.3, -0.25) is 0 Å². The van der Waals surface area contributed by atoms with Crippen LogP contribution in [0.1, 0.15) is 10.4 Å². The Labute approximate surface area is 114 Å². The molecule has 5 nitrogen and oxygen atoms in total. The molecule has 0 saturated carbocycles. The molecule has 20 heavy (non-hydrogen) atoms. The van der Waals surface area contributed by atoms with Gasteiger partial charge in [-0.15, -0.1) is 0 Å². The molecule has 1 heterocycles. The Hall–Kier alpha value is -2.82. The zero-order valence-corrected chi connectivity index (χ0v) is 10.7. The van der Waals surface area contributed by atoms with Gasteiger partial charge in [-0.25, -0.2) is 9.78 Å². The fraction of sp³-hybridized carbons (Fsp3) is 0.0667. The first-order valence-corrected chi connectivity index (χ1v) is 5.95. The molecule has 0 aliphatic rings. The molecule has 100 valence electrons. The van der Waals surface area contributed by atoms with Gasteiger partial charge >= 0.3 is 5.97 Å². The fourth-order valence-corrected chi connectivity index (χ4v) is 1.91. The maximum absolute atomic E-state index is 10.8. The number of rotatable bonds is 3. The SMILES string of the molecule is COc1ccc2nc(-c3ccc(C(=O)O)cc3)oc2c1. The molecular formula is C15H11NO4. The second-order valence-electron chi connectivity index (χ2n) is 4.24. The van der Waals surface area contributed by atoms with Gasteiger partial charge in [0.25, 0.3) is 0 Å². The van der Waals surface area contributed by atoms with Crippen LogP contribution >= 0.6 is 0 Å². The third-order valence-electron chi connectivity index (χ3n) is 2.97. The average molecular weight is 269 g/mol. The van der Waals surface area contributed by atoms with Crippen LogP contribution in [0, 0.1) is 0 Å². The summed E-state index contributed by atoms with van der Waals surface area (Å²) in [6, 6.07) is 11.8. The number of oxazole rings is 1. The topological polar surface area (TPSA) is 72.6 Å². The summed E-state index contributed by atoms with van der Waals surface area (Å²) in [6.07, 6.45) is 0. The lowest BCUT2D eigenvalue weighted by atomic mass is 10.1. The summed E-state index contributed by atoms with van der Waals surface area (Å²) in [5.41, 5.74) is 2.31. The number of carboxylic acids is 1. The van der Waals surface area contributed by atoms with Gasteiger partial charge in [0.1, 0.15) is 11.3 Å². The number of fused-ring (bicyclic) bond motifs is 1. The van der Waals surface area contributed by atoms with Crippen molar-refractivity contribution < 1.29 is 19.1 Å². The third-order valence-corrected chi connectivity index (χ3v) is 2.97. The van der Waals surface area contributed by atoms with E-state index in [1.165, 1.54) is 12.1 Å². The normalized spacial score (nSPS) is 10.7. The Bertz CT molecular complexity index is 774. The molecule has 0 amide bonds. The Morgan fingerprint density at radius 3 is 2.60 bits per heavy atom. The van der Waals surface area contributed by atoms with E-state index in [-0.39, 0.29) is 5.56 Å². The maximum atomic E-state index is 10.8. The molecule has 2 aromatic carbocycles. The molecule has 0 aliphatic heterocycles. The molecule has 0 aliphatic carbocycles.